The zero-order valence-electron chi connectivity index (χ0n) is 12.4. The van der Waals surface area contributed by atoms with Crippen LogP contribution in [-0.4, -0.2) is 5.78 Å². The molecule has 0 N–H and O–H groups in total. The normalized spacial score (nSPS) is 11.5. The summed E-state index contributed by atoms with van der Waals surface area (Å²) in [6.45, 7) is 6.56. The lowest BCUT2D eigenvalue weighted by molar-refractivity contribution is 0.0992. The maximum atomic E-state index is 12.4. The Morgan fingerprint density at radius 2 is 1.62 bits per heavy atom. The molecule has 0 bridgehead atoms. The highest BCUT2D eigenvalue weighted by Crippen LogP contribution is 2.25. The molecule has 0 saturated carbocycles. The molecule has 0 heterocycles. The first-order valence-electron chi connectivity index (χ1n) is 6.85. The van der Waals surface area contributed by atoms with E-state index >= 15 is 0 Å². The van der Waals surface area contributed by atoms with Gasteiger partial charge in [0.25, 0.3) is 0 Å². The van der Waals surface area contributed by atoms with E-state index in [2.05, 4.69) is 64.8 Å². The molecule has 0 fully saturated rings. The van der Waals surface area contributed by atoms with Gasteiger partial charge in [0.15, 0.2) is 5.78 Å². The van der Waals surface area contributed by atoms with Crippen LogP contribution in [0.5, 0.6) is 0 Å². The lowest BCUT2D eigenvalue weighted by Gasteiger charge is -2.19. The van der Waals surface area contributed by atoms with E-state index in [9.17, 15) is 4.79 Å². The fraction of sp³-hybridized carbons (Fsp3) is 0.278. The van der Waals surface area contributed by atoms with Crippen molar-refractivity contribution in [1.82, 2.24) is 0 Å². The molecule has 0 aliphatic heterocycles. The maximum absolute atomic E-state index is 12.4. The topological polar surface area (TPSA) is 17.1 Å². The van der Waals surface area contributed by atoms with Crippen LogP contribution in [0.1, 0.15) is 42.3 Å². The standard InChI is InChI=1S/C18H18Br2O/c1-18(2,3)13-6-4-12(5-7-13)10-17(21)15-9-8-14(19)11-16(15)20/h4-9,11H,10H2,1-3H3. The molecule has 0 aliphatic rings. The summed E-state index contributed by atoms with van der Waals surface area (Å²) in [5.41, 5.74) is 3.18. The Hall–Kier alpha value is -0.930. The van der Waals surface area contributed by atoms with Crippen molar-refractivity contribution >= 4 is 37.6 Å². The van der Waals surface area contributed by atoms with Crippen LogP contribution < -0.4 is 0 Å². The smallest absolute Gasteiger partial charge is 0.168 e. The molecule has 2 aromatic carbocycles. The van der Waals surface area contributed by atoms with E-state index in [1.54, 1.807) is 0 Å². The first kappa shape index (κ1) is 16.4. The number of rotatable bonds is 3. The number of halogens is 2. The van der Waals surface area contributed by atoms with Gasteiger partial charge in [0.2, 0.25) is 0 Å². The molecule has 0 atom stereocenters. The van der Waals surface area contributed by atoms with Crippen LogP contribution in [0.15, 0.2) is 51.4 Å². The second-order valence-electron chi connectivity index (χ2n) is 6.17. The van der Waals surface area contributed by atoms with Crippen LogP contribution in [0.2, 0.25) is 0 Å². The predicted octanol–water partition coefficient (Wildman–Crippen LogP) is 5.93. The number of ketones is 1. The summed E-state index contributed by atoms with van der Waals surface area (Å²) in [7, 11) is 0. The molecule has 0 aliphatic carbocycles. The van der Waals surface area contributed by atoms with Gasteiger partial charge in [-0.2, -0.15) is 0 Å². The lowest BCUT2D eigenvalue weighted by Crippen LogP contribution is -2.11. The molecule has 0 aromatic heterocycles. The van der Waals surface area contributed by atoms with Crippen molar-refractivity contribution in [1.29, 1.82) is 0 Å². The number of benzene rings is 2. The quantitative estimate of drug-likeness (QED) is 0.573. The van der Waals surface area contributed by atoms with Crippen molar-refractivity contribution in [2.45, 2.75) is 32.6 Å². The van der Waals surface area contributed by atoms with Crippen molar-refractivity contribution in [3.63, 3.8) is 0 Å². The number of hydrogen-bond acceptors (Lipinski definition) is 1. The highest BCUT2D eigenvalue weighted by molar-refractivity contribution is 9.11. The number of hydrogen-bond donors (Lipinski definition) is 0. The first-order valence-corrected chi connectivity index (χ1v) is 8.43. The van der Waals surface area contributed by atoms with Crippen LogP contribution in [-0.2, 0) is 11.8 Å². The van der Waals surface area contributed by atoms with Crippen molar-refractivity contribution in [2.24, 2.45) is 0 Å². The fourth-order valence-electron chi connectivity index (χ4n) is 2.12. The molecule has 3 heteroatoms. The number of Topliss-reactive ketones (excluding diaryl/α,β-unsaturated/α-hetero) is 1. The largest absolute Gasteiger partial charge is 0.294 e. The van der Waals surface area contributed by atoms with Gasteiger partial charge in [-0.05, 0) is 34.7 Å². The highest BCUT2D eigenvalue weighted by atomic mass is 79.9. The van der Waals surface area contributed by atoms with E-state index < -0.39 is 0 Å². The van der Waals surface area contributed by atoms with Gasteiger partial charge in [-0.1, -0.05) is 76.9 Å². The van der Waals surface area contributed by atoms with E-state index in [4.69, 9.17) is 0 Å². The summed E-state index contributed by atoms with van der Waals surface area (Å²) < 4.78 is 1.79. The Bertz CT molecular complexity index is 652. The minimum absolute atomic E-state index is 0.123. The maximum Gasteiger partial charge on any atom is 0.168 e. The number of carbonyl (C=O) groups is 1. The average Bonchev–Trinajstić information content (AvgIpc) is 2.38. The Labute approximate surface area is 143 Å². The minimum Gasteiger partial charge on any atom is -0.294 e. The van der Waals surface area contributed by atoms with Gasteiger partial charge in [-0.3, -0.25) is 4.79 Å². The Kier molecular flexibility index (Phi) is 5.05. The third kappa shape index (κ3) is 4.27. The van der Waals surface area contributed by atoms with Gasteiger partial charge in [0.1, 0.15) is 0 Å². The molecule has 21 heavy (non-hydrogen) atoms. The molecule has 110 valence electrons. The van der Waals surface area contributed by atoms with E-state index in [0.29, 0.717) is 6.42 Å². The summed E-state index contributed by atoms with van der Waals surface area (Å²) in [5.74, 6) is 0.123. The van der Waals surface area contributed by atoms with E-state index in [-0.39, 0.29) is 11.2 Å². The Balaban J connectivity index is 2.16. The molecule has 0 amide bonds. The van der Waals surface area contributed by atoms with Crippen molar-refractivity contribution < 1.29 is 4.79 Å². The predicted molar refractivity (Wildman–Crippen MR) is 95.0 cm³/mol. The van der Waals surface area contributed by atoms with Crippen LogP contribution in [0, 0.1) is 0 Å². The molecule has 0 spiro atoms. The number of carbonyl (C=O) groups excluding carboxylic acids is 1. The van der Waals surface area contributed by atoms with Crippen molar-refractivity contribution in [3.05, 3.63) is 68.1 Å². The van der Waals surface area contributed by atoms with Gasteiger partial charge >= 0.3 is 0 Å². The SMILES string of the molecule is CC(C)(C)c1ccc(CC(=O)c2ccc(Br)cc2Br)cc1. The van der Waals surface area contributed by atoms with Gasteiger partial charge < -0.3 is 0 Å². The summed E-state index contributed by atoms with van der Waals surface area (Å²) in [5, 5.41) is 0. The Morgan fingerprint density at radius 3 is 2.14 bits per heavy atom. The Morgan fingerprint density at radius 1 is 1.00 bits per heavy atom. The van der Waals surface area contributed by atoms with Gasteiger partial charge in [0, 0.05) is 20.9 Å². The molecule has 1 nitrogen and oxygen atoms in total. The average molecular weight is 410 g/mol. The first-order chi connectivity index (χ1) is 9.77. The lowest BCUT2D eigenvalue weighted by atomic mass is 9.86. The highest BCUT2D eigenvalue weighted by Gasteiger charge is 2.14. The van der Waals surface area contributed by atoms with Crippen LogP contribution in [0.4, 0.5) is 0 Å². The molecule has 0 unspecified atom stereocenters. The molecular formula is C18H18Br2O. The minimum atomic E-state index is 0.123. The third-order valence-electron chi connectivity index (χ3n) is 3.42. The summed E-state index contributed by atoms with van der Waals surface area (Å²) in [6, 6.07) is 14.0. The fourth-order valence-corrected chi connectivity index (χ4v) is 3.39. The van der Waals surface area contributed by atoms with E-state index in [0.717, 1.165) is 20.1 Å². The molecular weight excluding hydrogens is 392 g/mol. The summed E-state index contributed by atoms with van der Waals surface area (Å²) in [4.78, 5) is 12.4. The van der Waals surface area contributed by atoms with Crippen LogP contribution in [0.3, 0.4) is 0 Å². The zero-order valence-corrected chi connectivity index (χ0v) is 15.6. The van der Waals surface area contributed by atoms with E-state index in [1.165, 1.54) is 5.56 Å². The third-order valence-corrected chi connectivity index (χ3v) is 4.57. The monoisotopic (exact) mass is 408 g/mol. The second kappa shape index (κ2) is 6.45. The molecule has 0 radical (unpaired) electrons. The van der Waals surface area contributed by atoms with E-state index in [1.807, 2.05) is 30.3 Å². The summed E-state index contributed by atoms with van der Waals surface area (Å²) >= 11 is 6.85. The van der Waals surface area contributed by atoms with Crippen LogP contribution in [0.25, 0.3) is 0 Å². The molecule has 0 saturated heterocycles. The van der Waals surface area contributed by atoms with Crippen molar-refractivity contribution in [3.8, 4) is 0 Å². The van der Waals surface area contributed by atoms with Crippen molar-refractivity contribution in [2.75, 3.05) is 0 Å². The summed E-state index contributed by atoms with van der Waals surface area (Å²) in [6.07, 6.45) is 0.421. The second-order valence-corrected chi connectivity index (χ2v) is 7.94. The van der Waals surface area contributed by atoms with Gasteiger partial charge in [-0.25, -0.2) is 0 Å². The van der Waals surface area contributed by atoms with Gasteiger partial charge in [-0.15, -0.1) is 0 Å². The molecule has 2 aromatic rings. The zero-order chi connectivity index (χ0) is 15.6. The van der Waals surface area contributed by atoms with Gasteiger partial charge in [0.05, 0.1) is 0 Å². The van der Waals surface area contributed by atoms with Crippen LogP contribution >= 0.6 is 31.9 Å². The molecule has 2 rings (SSSR count).